The molecule has 0 aromatic heterocycles. The molecule has 1 aromatic rings. The molecule has 0 saturated heterocycles. The second-order valence-electron chi connectivity index (χ2n) is 6.13. The fourth-order valence-corrected chi connectivity index (χ4v) is 1.76. The first-order valence-corrected chi connectivity index (χ1v) is 7.68. The molecule has 1 rings (SSSR count). The minimum absolute atomic E-state index is 0.203. The summed E-state index contributed by atoms with van der Waals surface area (Å²) in [6.45, 7) is 15.1. The van der Waals surface area contributed by atoms with Crippen LogP contribution in [0.15, 0.2) is 24.3 Å². The van der Waals surface area contributed by atoms with Gasteiger partial charge in [-0.15, -0.1) is 0 Å². The van der Waals surface area contributed by atoms with Gasteiger partial charge in [-0.1, -0.05) is 72.7 Å². The van der Waals surface area contributed by atoms with Crippen LogP contribution in [0, 0.1) is 5.41 Å². The number of hydrogen-bond acceptors (Lipinski definition) is 2. The van der Waals surface area contributed by atoms with Gasteiger partial charge >= 0.3 is 0 Å². The molecule has 0 spiro atoms. The topological polar surface area (TPSA) is 29.1 Å². The lowest BCUT2D eigenvalue weighted by atomic mass is 9.86. The molecular weight excluding hydrogens is 246 g/mol. The highest BCUT2D eigenvalue weighted by molar-refractivity contribution is 5.99. The van der Waals surface area contributed by atoms with E-state index in [1.54, 1.807) is 0 Å². The molecule has 0 heterocycles. The summed E-state index contributed by atoms with van der Waals surface area (Å²) in [4.78, 5) is 12.1. The molecule has 0 unspecified atom stereocenters. The molecule has 0 aliphatic heterocycles. The number of nitrogens with one attached hydrogen (secondary N) is 1. The summed E-state index contributed by atoms with van der Waals surface area (Å²) in [5, 5.41) is 3.39. The zero-order valence-electron chi connectivity index (χ0n) is 14.2. The van der Waals surface area contributed by atoms with Crippen molar-refractivity contribution in [3.8, 4) is 0 Å². The maximum Gasteiger partial charge on any atom is 0.168 e. The highest BCUT2D eigenvalue weighted by Gasteiger charge is 2.22. The number of ketones is 1. The van der Waals surface area contributed by atoms with Crippen LogP contribution < -0.4 is 5.32 Å². The fourth-order valence-electron chi connectivity index (χ4n) is 1.76. The molecule has 0 fully saturated rings. The Kier molecular flexibility index (Phi) is 8.40. The lowest BCUT2D eigenvalue weighted by Gasteiger charge is -2.16. The van der Waals surface area contributed by atoms with Crippen molar-refractivity contribution < 1.29 is 4.79 Å². The van der Waals surface area contributed by atoms with Crippen LogP contribution in [0.5, 0.6) is 0 Å². The smallest absolute Gasteiger partial charge is 0.168 e. The van der Waals surface area contributed by atoms with Crippen molar-refractivity contribution in [2.75, 3.05) is 6.54 Å². The zero-order chi connectivity index (χ0) is 15.8. The summed E-state index contributed by atoms with van der Waals surface area (Å²) >= 11 is 0. The molecule has 0 atom stereocenters. The Bertz CT molecular complexity index is 385. The highest BCUT2D eigenvalue weighted by atomic mass is 16.1. The van der Waals surface area contributed by atoms with Crippen LogP contribution in [0.2, 0.25) is 0 Å². The van der Waals surface area contributed by atoms with E-state index in [-0.39, 0.29) is 11.2 Å². The summed E-state index contributed by atoms with van der Waals surface area (Å²) in [6, 6.07) is 8.52. The monoisotopic (exact) mass is 277 g/mol. The fraction of sp³-hybridized carbons (Fsp3) is 0.611. The predicted octanol–water partition coefficient (Wildman–Crippen LogP) is 4.48. The van der Waals surface area contributed by atoms with Gasteiger partial charge in [-0.3, -0.25) is 4.79 Å². The van der Waals surface area contributed by atoms with Crippen molar-refractivity contribution >= 4 is 5.78 Å². The normalized spacial score (nSPS) is 11.0. The first-order chi connectivity index (χ1) is 9.30. The van der Waals surface area contributed by atoms with Gasteiger partial charge in [-0.25, -0.2) is 0 Å². The largest absolute Gasteiger partial charge is 0.314 e. The molecule has 0 saturated carbocycles. The van der Waals surface area contributed by atoms with E-state index in [1.807, 2.05) is 46.8 Å². The molecule has 0 bridgehead atoms. The molecule has 20 heavy (non-hydrogen) atoms. The van der Waals surface area contributed by atoms with E-state index in [0.717, 1.165) is 18.5 Å². The van der Waals surface area contributed by atoms with Gasteiger partial charge in [0.05, 0.1) is 0 Å². The van der Waals surface area contributed by atoms with Crippen molar-refractivity contribution in [1.82, 2.24) is 5.32 Å². The third-order valence-corrected chi connectivity index (χ3v) is 2.86. The summed E-state index contributed by atoms with van der Waals surface area (Å²) < 4.78 is 0. The third-order valence-electron chi connectivity index (χ3n) is 2.86. The van der Waals surface area contributed by atoms with Crippen molar-refractivity contribution in [2.45, 2.75) is 60.9 Å². The van der Waals surface area contributed by atoms with Crippen molar-refractivity contribution in [3.05, 3.63) is 35.4 Å². The Balaban J connectivity index is 0.00000172. The van der Waals surface area contributed by atoms with Gasteiger partial charge in [-0.2, -0.15) is 0 Å². The second kappa shape index (κ2) is 8.91. The Morgan fingerprint density at radius 1 is 1.10 bits per heavy atom. The van der Waals surface area contributed by atoms with E-state index in [2.05, 4.69) is 31.3 Å². The molecule has 0 amide bonds. The SMILES string of the molecule is CC.CC(C)NCCc1ccc(C(=O)C(C)(C)C)cc1. The first kappa shape index (κ1) is 18.9. The number of carbonyl (C=O) groups is 1. The minimum atomic E-state index is -0.305. The molecule has 0 aliphatic carbocycles. The van der Waals surface area contributed by atoms with Gasteiger partial charge < -0.3 is 5.32 Å². The van der Waals surface area contributed by atoms with Crippen LogP contribution in [0.4, 0.5) is 0 Å². The molecule has 114 valence electrons. The van der Waals surface area contributed by atoms with Crippen LogP contribution in [0.3, 0.4) is 0 Å². The molecular formula is C18H31NO. The van der Waals surface area contributed by atoms with E-state index < -0.39 is 0 Å². The van der Waals surface area contributed by atoms with E-state index in [4.69, 9.17) is 0 Å². The number of hydrogen-bond donors (Lipinski definition) is 1. The molecule has 0 radical (unpaired) electrons. The molecule has 2 nitrogen and oxygen atoms in total. The van der Waals surface area contributed by atoms with E-state index in [0.29, 0.717) is 6.04 Å². The zero-order valence-corrected chi connectivity index (χ0v) is 14.2. The van der Waals surface area contributed by atoms with Gasteiger partial charge in [0, 0.05) is 17.0 Å². The van der Waals surface area contributed by atoms with Crippen LogP contribution in [-0.4, -0.2) is 18.4 Å². The van der Waals surface area contributed by atoms with Gasteiger partial charge in [0.25, 0.3) is 0 Å². The summed E-state index contributed by atoms with van der Waals surface area (Å²) in [5.41, 5.74) is 1.78. The minimum Gasteiger partial charge on any atom is -0.314 e. The summed E-state index contributed by atoms with van der Waals surface area (Å²) in [6.07, 6.45) is 1.00. The Hall–Kier alpha value is -1.15. The quantitative estimate of drug-likeness (QED) is 0.804. The van der Waals surface area contributed by atoms with Gasteiger partial charge in [0.15, 0.2) is 5.78 Å². The van der Waals surface area contributed by atoms with Gasteiger partial charge in [-0.05, 0) is 18.5 Å². The van der Waals surface area contributed by atoms with E-state index in [9.17, 15) is 4.79 Å². The predicted molar refractivity (Wildman–Crippen MR) is 88.4 cm³/mol. The Morgan fingerprint density at radius 2 is 1.60 bits per heavy atom. The van der Waals surface area contributed by atoms with E-state index in [1.165, 1.54) is 5.56 Å². The van der Waals surface area contributed by atoms with E-state index >= 15 is 0 Å². The lowest BCUT2D eigenvalue weighted by Crippen LogP contribution is -2.25. The lowest BCUT2D eigenvalue weighted by molar-refractivity contribution is 0.0858. The molecule has 1 aromatic carbocycles. The average Bonchev–Trinajstić information content (AvgIpc) is 2.39. The summed E-state index contributed by atoms with van der Waals surface area (Å²) in [7, 11) is 0. The second-order valence-corrected chi connectivity index (χ2v) is 6.13. The number of benzene rings is 1. The van der Waals surface area contributed by atoms with Crippen molar-refractivity contribution in [3.63, 3.8) is 0 Å². The van der Waals surface area contributed by atoms with Crippen LogP contribution in [0.25, 0.3) is 0 Å². The van der Waals surface area contributed by atoms with Crippen molar-refractivity contribution in [1.29, 1.82) is 0 Å². The molecule has 2 heteroatoms. The van der Waals surface area contributed by atoms with Crippen LogP contribution in [-0.2, 0) is 6.42 Å². The maximum absolute atomic E-state index is 12.1. The molecule has 1 N–H and O–H groups in total. The first-order valence-electron chi connectivity index (χ1n) is 7.68. The third kappa shape index (κ3) is 6.85. The molecule has 0 aliphatic rings. The number of carbonyl (C=O) groups excluding carboxylic acids is 1. The average molecular weight is 277 g/mol. The van der Waals surface area contributed by atoms with Crippen LogP contribution in [0.1, 0.15) is 64.4 Å². The Labute approximate surface area is 125 Å². The maximum atomic E-state index is 12.1. The Morgan fingerprint density at radius 3 is 2.00 bits per heavy atom. The highest BCUT2D eigenvalue weighted by Crippen LogP contribution is 2.20. The number of Topliss-reactive ketones (excluding diaryl/α,β-unsaturated/α-hetero) is 1. The van der Waals surface area contributed by atoms with Crippen molar-refractivity contribution in [2.24, 2.45) is 5.41 Å². The standard InChI is InChI=1S/C16H25NO.C2H6/c1-12(2)17-11-10-13-6-8-14(9-7-13)15(18)16(3,4)5;1-2/h6-9,12,17H,10-11H2,1-5H3;1-2H3. The van der Waals surface area contributed by atoms with Gasteiger partial charge in [0.2, 0.25) is 0 Å². The number of rotatable bonds is 5. The summed E-state index contributed by atoms with van der Waals surface area (Å²) in [5.74, 6) is 0.203. The van der Waals surface area contributed by atoms with Gasteiger partial charge in [0.1, 0.15) is 0 Å². The van der Waals surface area contributed by atoms with Crippen LogP contribution >= 0.6 is 0 Å².